The number of hydrogen-bond donors (Lipinski definition) is 2. The SMILES string of the molecule is CCOc1ccc(C(C)=O)cc1NC(=O)c1cc(COC2CCCCO2)cc(C(=O)O)c1. The molecule has 8 nitrogen and oxygen atoms in total. The normalized spacial score (nSPS) is 15.8. The number of carbonyl (C=O) groups is 3. The molecule has 0 aromatic heterocycles. The van der Waals surface area contributed by atoms with E-state index < -0.39 is 11.9 Å². The maximum Gasteiger partial charge on any atom is 0.335 e. The van der Waals surface area contributed by atoms with Crippen LogP contribution in [0.4, 0.5) is 5.69 Å². The number of Topliss-reactive ketones (excluding diaryl/α,β-unsaturated/α-hetero) is 1. The first-order valence-electron chi connectivity index (χ1n) is 10.6. The lowest BCUT2D eigenvalue weighted by atomic mass is 10.0. The molecule has 2 aromatic carbocycles. The van der Waals surface area contributed by atoms with Crippen LogP contribution in [0.1, 0.15) is 69.7 Å². The highest BCUT2D eigenvalue weighted by molar-refractivity contribution is 6.07. The van der Waals surface area contributed by atoms with Crippen molar-refractivity contribution in [3.8, 4) is 5.75 Å². The number of rotatable bonds is 9. The van der Waals surface area contributed by atoms with Gasteiger partial charge in [0, 0.05) is 17.7 Å². The van der Waals surface area contributed by atoms with Gasteiger partial charge in [-0.25, -0.2) is 4.79 Å². The van der Waals surface area contributed by atoms with E-state index in [1.54, 1.807) is 18.2 Å². The zero-order chi connectivity index (χ0) is 23.1. The van der Waals surface area contributed by atoms with Crippen LogP contribution in [0.2, 0.25) is 0 Å². The Morgan fingerprint density at radius 2 is 1.88 bits per heavy atom. The van der Waals surface area contributed by atoms with Crippen molar-refractivity contribution in [2.75, 3.05) is 18.5 Å². The third kappa shape index (κ3) is 6.15. The molecule has 0 spiro atoms. The molecule has 3 rings (SSSR count). The molecule has 8 heteroatoms. The van der Waals surface area contributed by atoms with E-state index in [1.807, 2.05) is 6.92 Å². The largest absolute Gasteiger partial charge is 0.492 e. The summed E-state index contributed by atoms with van der Waals surface area (Å²) < 4.78 is 16.8. The van der Waals surface area contributed by atoms with E-state index in [-0.39, 0.29) is 29.8 Å². The van der Waals surface area contributed by atoms with Crippen molar-refractivity contribution in [1.29, 1.82) is 0 Å². The molecule has 0 bridgehead atoms. The van der Waals surface area contributed by atoms with E-state index in [4.69, 9.17) is 14.2 Å². The second-order valence-corrected chi connectivity index (χ2v) is 7.49. The van der Waals surface area contributed by atoms with E-state index in [0.717, 1.165) is 19.3 Å². The van der Waals surface area contributed by atoms with Gasteiger partial charge in [-0.15, -0.1) is 0 Å². The summed E-state index contributed by atoms with van der Waals surface area (Å²) in [7, 11) is 0. The molecule has 1 saturated heterocycles. The summed E-state index contributed by atoms with van der Waals surface area (Å²) in [4.78, 5) is 36.3. The monoisotopic (exact) mass is 441 g/mol. The van der Waals surface area contributed by atoms with E-state index >= 15 is 0 Å². The number of nitrogens with one attached hydrogen (secondary N) is 1. The molecule has 1 aliphatic heterocycles. The van der Waals surface area contributed by atoms with Gasteiger partial charge in [0.1, 0.15) is 5.75 Å². The summed E-state index contributed by atoms with van der Waals surface area (Å²) in [6.45, 7) is 4.37. The molecule has 170 valence electrons. The van der Waals surface area contributed by atoms with Gasteiger partial charge in [0.15, 0.2) is 12.1 Å². The molecular formula is C24H27NO7. The number of amides is 1. The Kier molecular flexibility index (Phi) is 7.97. The number of carbonyl (C=O) groups excluding carboxylic acids is 2. The molecule has 0 aliphatic carbocycles. The van der Waals surface area contributed by atoms with Gasteiger partial charge in [0.25, 0.3) is 5.91 Å². The van der Waals surface area contributed by atoms with Gasteiger partial charge >= 0.3 is 5.97 Å². The number of aromatic carboxylic acids is 1. The molecule has 2 aromatic rings. The van der Waals surface area contributed by atoms with Crippen LogP contribution in [0.5, 0.6) is 5.75 Å². The summed E-state index contributed by atoms with van der Waals surface area (Å²) in [5.74, 6) is -1.41. The third-order valence-electron chi connectivity index (χ3n) is 5.01. The molecule has 0 radical (unpaired) electrons. The molecule has 1 amide bonds. The number of ketones is 1. The summed E-state index contributed by atoms with van der Waals surface area (Å²) in [6, 6.07) is 9.14. The smallest absolute Gasteiger partial charge is 0.335 e. The van der Waals surface area contributed by atoms with Crippen LogP contribution in [0.3, 0.4) is 0 Å². The van der Waals surface area contributed by atoms with E-state index in [0.29, 0.717) is 35.8 Å². The van der Waals surface area contributed by atoms with Crippen LogP contribution in [0, 0.1) is 0 Å². The van der Waals surface area contributed by atoms with Crippen molar-refractivity contribution in [3.05, 3.63) is 58.7 Å². The average molecular weight is 441 g/mol. The molecule has 2 N–H and O–H groups in total. The number of hydrogen-bond acceptors (Lipinski definition) is 6. The average Bonchev–Trinajstić information content (AvgIpc) is 2.79. The van der Waals surface area contributed by atoms with E-state index in [9.17, 15) is 19.5 Å². The Morgan fingerprint density at radius 1 is 1.09 bits per heavy atom. The van der Waals surface area contributed by atoms with Gasteiger partial charge in [-0.1, -0.05) is 0 Å². The predicted molar refractivity (Wildman–Crippen MR) is 117 cm³/mol. The molecule has 0 saturated carbocycles. The van der Waals surface area contributed by atoms with Crippen LogP contribution in [0.15, 0.2) is 36.4 Å². The van der Waals surface area contributed by atoms with Gasteiger partial charge < -0.3 is 24.6 Å². The van der Waals surface area contributed by atoms with Gasteiger partial charge in [0.2, 0.25) is 0 Å². The molecule has 1 fully saturated rings. The van der Waals surface area contributed by atoms with Crippen LogP contribution in [0.25, 0.3) is 0 Å². The minimum Gasteiger partial charge on any atom is -0.492 e. The van der Waals surface area contributed by atoms with Crippen LogP contribution in [-0.4, -0.2) is 42.3 Å². The number of ether oxygens (including phenoxy) is 3. The van der Waals surface area contributed by atoms with Crippen LogP contribution in [-0.2, 0) is 16.1 Å². The minimum absolute atomic E-state index is 0.0247. The molecule has 1 heterocycles. The number of anilines is 1. The van der Waals surface area contributed by atoms with Gasteiger partial charge in [-0.3, -0.25) is 9.59 Å². The molecule has 1 atom stereocenters. The first-order chi connectivity index (χ1) is 15.4. The number of benzene rings is 2. The van der Waals surface area contributed by atoms with Crippen molar-refractivity contribution >= 4 is 23.3 Å². The van der Waals surface area contributed by atoms with Crippen molar-refractivity contribution in [2.24, 2.45) is 0 Å². The lowest BCUT2D eigenvalue weighted by Crippen LogP contribution is -2.22. The first kappa shape index (κ1) is 23.4. The Labute approximate surface area is 186 Å². The molecule has 32 heavy (non-hydrogen) atoms. The summed E-state index contributed by atoms with van der Waals surface area (Å²) in [5, 5.41) is 12.2. The Balaban J connectivity index is 1.83. The summed E-state index contributed by atoms with van der Waals surface area (Å²) in [6.07, 6.45) is 2.44. The third-order valence-corrected chi connectivity index (χ3v) is 5.01. The second kappa shape index (κ2) is 10.9. The topological polar surface area (TPSA) is 111 Å². The van der Waals surface area contributed by atoms with Crippen molar-refractivity contribution in [1.82, 2.24) is 0 Å². The highest BCUT2D eigenvalue weighted by Gasteiger charge is 2.18. The fourth-order valence-corrected chi connectivity index (χ4v) is 3.38. The second-order valence-electron chi connectivity index (χ2n) is 7.49. The highest BCUT2D eigenvalue weighted by atomic mass is 16.7. The minimum atomic E-state index is -1.15. The number of carboxylic acids is 1. The standard InChI is InChI=1S/C24H27NO7/c1-3-30-21-8-7-17(15(2)26)13-20(21)25-23(27)18-10-16(11-19(12-18)24(28)29)14-32-22-6-4-5-9-31-22/h7-8,10-13,22H,3-6,9,14H2,1-2H3,(H,25,27)(H,28,29). The van der Waals surface area contributed by atoms with Gasteiger partial charge in [-0.05, 0) is 75.1 Å². The van der Waals surface area contributed by atoms with Crippen molar-refractivity contribution < 1.29 is 33.7 Å². The highest BCUT2D eigenvalue weighted by Crippen LogP contribution is 2.27. The van der Waals surface area contributed by atoms with Crippen LogP contribution >= 0.6 is 0 Å². The molecule has 1 aliphatic rings. The zero-order valence-corrected chi connectivity index (χ0v) is 18.2. The fraction of sp³-hybridized carbons (Fsp3) is 0.375. The van der Waals surface area contributed by atoms with Gasteiger partial charge in [-0.2, -0.15) is 0 Å². The van der Waals surface area contributed by atoms with Crippen molar-refractivity contribution in [3.63, 3.8) is 0 Å². The maximum absolute atomic E-state index is 13.0. The number of carboxylic acid groups (broad SMARTS) is 1. The van der Waals surface area contributed by atoms with E-state index in [1.165, 1.54) is 25.1 Å². The van der Waals surface area contributed by atoms with E-state index in [2.05, 4.69) is 5.32 Å². The lowest BCUT2D eigenvalue weighted by Gasteiger charge is -2.22. The zero-order valence-electron chi connectivity index (χ0n) is 18.2. The summed E-state index contributed by atoms with van der Waals surface area (Å²) >= 11 is 0. The molecule has 1 unspecified atom stereocenters. The first-order valence-corrected chi connectivity index (χ1v) is 10.6. The predicted octanol–water partition coefficient (Wildman–Crippen LogP) is 4.28. The Morgan fingerprint density at radius 3 is 2.53 bits per heavy atom. The maximum atomic E-state index is 13.0. The van der Waals surface area contributed by atoms with Crippen LogP contribution < -0.4 is 10.1 Å². The fourth-order valence-electron chi connectivity index (χ4n) is 3.38. The summed E-state index contributed by atoms with van der Waals surface area (Å²) in [5.41, 5.74) is 1.43. The van der Waals surface area contributed by atoms with Gasteiger partial charge in [0.05, 0.1) is 24.5 Å². The quantitative estimate of drug-likeness (QED) is 0.559. The Bertz CT molecular complexity index is 996. The van der Waals surface area contributed by atoms with Crippen molar-refractivity contribution in [2.45, 2.75) is 46.0 Å². The Hall–Kier alpha value is -3.23. The lowest BCUT2D eigenvalue weighted by molar-refractivity contribution is -0.168. The molecular weight excluding hydrogens is 414 g/mol.